The van der Waals surface area contributed by atoms with Crippen molar-refractivity contribution >= 4 is 17.6 Å². The molecule has 0 aromatic rings. The number of amides is 2. The molecule has 2 amide bonds. The molecule has 0 bridgehead atoms. The van der Waals surface area contributed by atoms with Gasteiger partial charge in [-0.15, -0.1) is 0 Å². The molecule has 0 heterocycles. The van der Waals surface area contributed by atoms with Crippen LogP contribution in [-0.2, 0) is 23.9 Å². The van der Waals surface area contributed by atoms with E-state index in [1.165, 1.54) is 0 Å². The smallest absolute Gasteiger partial charge is 0.246 e. The van der Waals surface area contributed by atoms with Gasteiger partial charge in [-0.2, -0.15) is 0 Å². The standard InChI is InChI=1S/C20H36N2O5.C2H6/c1-14(2)18(23)9-11-26-12-10-21-20(25)16-5-7-17(8-6-16)22-19(24)13-27-15(3)4;1-2/h14-17H,5-13H2,1-4H3,(H,21,25)(H,22,24);1-2H3. The zero-order valence-corrected chi connectivity index (χ0v) is 19.2. The Bertz CT molecular complexity index is 472. The predicted octanol–water partition coefficient (Wildman–Crippen LogP) is 2.86. The summed E-state index contributed by atoms with van der Waals surface area (Å²) in [6, 6.07) is 0.124. The van der Waals surface area contributed by atoms with Crippen LogP contribution in [0.5, 0.6) is 0 Å². The van der Waals surface area contributed by atoms with Gasteiger partial charge < -0.3 is 20.1 Å². The van der Waals surface area contributed by atoms with Gasteiger partial charge in [-0.1, -0.05) is 27.7 Å². The lowest BCUT2D eigenvalue weighted by Gasteiger charge is -2.28. The Labute approximate surface area is 176 Å². The minimum absolute atomic E-state index is 0.00687. The normalized spacial score (nSPS) is 18.8. The number of carbonyl (C=O) groups excluding carboxylic acids is 3. The number of ether oxygens (including phenoxy) is 2. The maximum Gasteiger partial charge on any atom is 0.246 e. The van der Waals surface area contributed by atoms with E-state index in [0.29, 0.717) is 26.2 Å². The van der Waals surface area contributed by atoms with E-state index in [2.05, 4.69) is 10.6 Å². The van der Waals surface area contributed by atoms with Crippen molar-refractivity contribution in [3.8, 4) is 0 Å². The number of ketones is 1. The van der Waals surface area contributed by atoms with Crippen molar-refractivity contribution in [2.75, 3.05) is 26.4 Å². The number of nitrogens with one attached hydrogen (secondary N) is 2. The van der Waals surface area contributed by atoms with E-state index in [1.54, 1.807) is 0 Å². The predicted molar refractivity (Wildman–Crippen MR) is 115 cm³/mol. The molecule has 1 saturated carbocycles. The third kappa shape index (κ3) is 13.4. The van der Waals surface area contributed by atoms with E-state index < -0.39 is 0 Å². The summed E-state index contributed by atoms with van der Waals surface area (Å²) in [5.41, 5.74) is 0. The fraction of sp³-hybridized carbons (Fsp3) is 0.864. The minimum atomic E-state index is -0.0929. The van der Waals surface area contributed by atoms with Crippen molar-refractivity contribution in [1.82, 2.24) is 10.6 Å². The van der Waals surface area contributed by atoms with Crippen LogP contribution in [0.3, 0.4) is 0 Å². The summed E-state index contributed by atoms with van der Waals surface area (Å²) in [5.74, 6) is 0.177. The van der Waals surface area contributed by atoms with Crippen molar-refractivity contribution < 1.29 is 23.9 Å². The van der Waals surface area contributed by atoms with Crippen molar-refractivity contribution in [3.05, 3.63) is 0 Å². The van der Waals surface area contributed by atoms with Gasteiger partial charge in [0.25, 0.3) is 0 Å². The van der Waals surface area contributed by atoms with E-state index >= 15 is 0 Å². The number of hydrogen-bond acceptors (Lipinski definition) is 5. The third-order valence-electron chi connectivity index (χ3n) is 4.69. The van der Waals surface area contributed by atoms with Crippen molar-refractivity contribution in [3.63, 3.8) is 0 Å². The van der Waals surface area contributed by atoms with Gasteiger partial charge in [-0.25, -0.2) is 0 Å². The Hall–Kier alpha value is -1.47. The quantitative estimate of drug-likeness (QED) is 0.479. The van der Waals surface area contributed by atoms with Crippen LogP contribution in [-0.4, -0.2) is 56.1 Å². The second kappa shape index (κ2) is 16.3. The monoisotopic (exact) mass is 414 g/mol. The van der Waals surface area contributed by atoms with E-state index in [-0.39, 0.29) is 48.2 Å². The van der Waals surface area contributed by atoms with Gasteiger partial charge in [-0.3, -0.25) is 14.4 Å². The second-order valence-electron chi connectivity index (χ2n) is 7.75. The van der Waals surface area contributed by atoms with Gasteiger partial charge in [0, 0.05) is 30.8 Å². The number of hydrogen-bond donors (Lipinski definition) is 2. The first-order chi connectivity index (χ1) is 13.8. The molecule has 0 unspecified atom stereocenters. The molecule has 7 heteroatoms. The Morgan fingerprint density at radius 2 is 1.59 bits per heavy atom. The number of carbonyl (C=O) groups is 3. The topological polar surface area (TPSA) is 93.7 Å². The van der Waals surface area contributed by atoms with E-state index in [4.69, 9.17) is 9.47 Å². The molecule has 0 aliphatic heterocycles. The molecule has 0 saturated heterocycles. The summed E-state index contributed by atoms with van der Waals surface area (Å²) in [6.45, 7) is 12.9. The highest BCUT2D eigenvalue weighted by atomic mass is 16.5. The SMILES string of the molecule is CC.CC(C)OCC(=O)NC1CCC(C(=O)NCCOCCC(=O)C(C)C)CC1. The highest BCUT2D eigenvalue weighted by molar-refractivity contribution is 5.80. The molecule has 0 atom stereocenters. The fourth-order valence-corrected chi connectivity index (χ4v) is 2.97. The molecule has 170 valence electrons. The van der Waals surface area contributed by atoms with Crippen molar-refractivity contribution in [1.29, 1.82) is 0 Å². The first-order valence-corrected chi connectivity index (χ1v) is 11.1. The third-order valence-corrected chi connectivity index (χ3v) is 4.69. The van der Waals surface area contributed by atoms with Crippen LogP contribution in [0.2, 0.25) is 0 Å². The van der Waals surface area contributed by atoms with E-state index in [9.17, 15) is 14.4 Å². The highest BCUT2D eigenvalue weighted by Gasteiger charge is 2.26. The van der Waals surface area contributed by atoms with Crippen LogP contribution in [0.4, 0.5) is 0 Å². The molecule has 0 aromatic heterocycles. The Morgan fingerprint density at radius 1 is 0.966 bits per heavy atom. The summed E-state index contributed by atoms with van der Waals surface area (Å²) in [4.78, 5) is 35.5. The van der Waals surface area contributed by atoms with Crippen LogP contribution in [0.15, 0.2) is 0 Å². The molecule has 2 N–H and O–H groups in total. The molecule has 7 nitrogen and oxygen atoms in total. The van der Waals surface area contributed by atoms with Crippen LogP contribution in [0.1, 0.15) is 73.6 Å². The molecule has 1 rings (SSSR count). The maximum atomic E-state index is 12.2. The first-order valence-electron chi connectivity index (χ1n) is 11.1. The molecular formula is C22H42N2O5. The van der Waals surface area contributed by atoms with Gasteiger partial charge >= 0.3 is 0 Å². The largest absolute Gasteiger partial charge is 0.379 e. The van der Waals surface area contributed by atoms with Gasteiger partial charge in [0.05, 0.1) is 19.3 Å². The fourth-order valence-electron chi connectivity index (χ4n) is 2.97. The summed E-state index contributed by atoms with van der Waals surface area (Å²) in [5, 5.41) is 5.87. The summed E-state index contributed by atoms with van der Waals surface area (Å²) < 4.78 is 10.7. The van der Waals surface area contributed by atoms with E-state index in [1.807, 2.05) is 41.5 Å². The summed E-state index contributed by atoms with van der Waals surface area (Å²) in [6.07, 6.45) is 3.61. The second-order valence-corrected chi connectivity index (χ2v) is 7.75. The Kier molecular flexibility index (Phi) is 15.5. The zero-order chi connectivity index (χ0) is 22.2. The number of Topliss-reactive ketones (excluding diaryl/α,β-unsaturated/α-hetero) is 1. The zero-order valence-electron chi connectivity index (χ0n) is 19.2. The first kappa shape index (κ1) is 27.5. The lowest BCUT2D eigenvalue weighted by molar-refractivity contribution is -0.128. The molecule has 0 spiro atoms. The lowest BCUT2D eigenvalue weighted by Crippen LogP contribution is -2.42. The van der Waals surface area contributed by atoms with Crippen LogP contribution < -0.4 is 10.6 Å². The summed E-state index contributed by atoms with van der Waals surface area (Å²) in [7, 11) is 0. The molecular weight excluding hydrogens is 372 g/mol. The molecule has 0 radical (unpaired) electrons. The molecule has 29 heavy (non-hydrogen) atoms. The summed E-state index contributed by atoms with van der Waals surface area (Å²) >= 11 is 0. The molecule has 1 fully saturated rings. The molecule has 0 aromatic carbocycles. The minimum Gasteiger partial charge on any atom is -0.379 e. The Balaban J connectivity index is 0.00000379. The average Bonchev–Trinajstić information content (AvgIpc) is 2.70. The van der Waals surface area contributed by atoms with Crippen LogP contribution in [0.25, 0.3) is 0 Å². The van der Waals surface area contributed by atoms with Crippen molar-refractivity contribution in [2.24, 2.45) is 11.8 Å². The van der Waals surface area contributed by atoms with Gasteiger partial charge in [0.2, 0.25) is 11.8 Å². The van der Waals surface area contributed by atoms with Gasteiger partial charge in [0.15, 0.2) is 0 Å². The molecule has 1 aliphatic rings. The van der Waals surface area contributed by atoms with Gasteiger partial charge in [0.1, 0.15) is 12.4 Å². The number of rotatable bonds is 12. The van der Waals surface area contributed by atoms with Crippen LogP contribution in [0, 0.1) is 11.8 Å². The highest BCUT2D eigenvalue weighted by Crippen LogP contribution is 2.24. The average molecular weight is 415 g/mol. The van der Waals surface area contributed by atoms with Crippen LogP contribution >= 0.6 is 0 Å². The van der Waals surface area contributed by atoms with Crippen molar-refractivity contribution in [2.45, 2.75) is 85.8 Å². The Morgan fingerprint density at radius 3 is 2.14 bits per heavy atom. The maximum absolute atomic E-state index is 12.2. The van der Waals surface area contributed by atoms with E-state index in [0.717, 1.165) is 25.7 Å². The van der Waals surface area contributed by atoms with Gasteiger partial charge in [-0.05, 0) is 39.5 Å². The molecule has 1 aliphatic carbocycles. The lowest BCUT2D eigenvalue weighted by atomic mass is 9.85.